The molecule has 0 unspecified atom stereocenters. The van der Waals surface area contributed by atoms with E-state index in [9.17, 15) is 13.2 Å². The number of methoxy groups -OCH3 is 2. The van der Waals surface area contributed by atoms with E-state index >= 15 is 0 Å². The lowest BCUT2D eigenvalue weighted by Gasteiger charge is -2.05. The van der Waals surface area contributed by atoms with Gasteiger partial charge in [0.05, 0.1) is 19.1 Å². The third kappa shape index (κ3) is 5.17. The van der Waals surface area contributed by atoms with Crippen LogP contribution in [0.1, 0.15) is 21.9 Å². The molecular weight excluding hydrogens is 394 g/mol. The number of hydrogen-bond donors (Lipinski definition) is 1. The first-order chi connectivity index (χ1) is 13.9. The van der Waals surface area contributed by atoms with Crippen LogP contribution in [0.25, 0.3) is 0 Å². The van der Waals surface area contributed by atoms with Crippen molar-refractivity contribution in [3.8, 4) is 11.5 Å². The fourth-order valence-electron chi connectivity index (χ4n) is 2.64. The van der Waals surface area contributed by atoms with Crippen LogP contribution in [0.15, 0.2) is 70.0 Å². The number of furan rings is 1. The van der Waals surface area contributed by atoms with Crippen LogP contribution in [-0.4, -0.2) is 28.5 Å². The van der Waals surface area contributed by atoms with Crippen LogP contribution in [0, 0.1) is 0 Å². The van der Waals surface area contributed by atoms with Gasteiger partial charge in [0, 0.05) is 6.54 Å². The summed E-state index contributed by atoms with van der Waals surface area (Å²) in [6, 6.07) is 16.3. The smallest absolute Gasteiger partial charge is 0.287 e. The molecule has 0 aliphatic rings. The molecule has 152 valence electrons. The van der Waals surface area contributed by atoms with Crippen LogP contribution >= 0.6 is 0 Å². The van der Waals surface area contributed by atoms with Gasteiger partial charge in [0.2, 0.25) is 0 Å². The zero-order valence-corrected chi connectivity index (χ0v) is 16.9. The van der Waals surface area contributed by atoms with E-state index in [1.807, 2.05) is 12.1 Å². The standard InChI is InChI=1S/C21H21NO6S/c1-26-16-5-3-15(4-6-16)13-22-21(23)20-12-9-18(28-20)14-29(24,25)19-10-7-17(27-2)8-11-19/h3-12H,13-14H2,1-2H3,(H,22,23). The Hall–Kier alpha value is -3.26. The lowest BCUT2D eigenvalue weighted by molar-refractivity contribution is 0.0921. The minimum Gasteiger partial charge on any atom is -0.497 e. The van der Waals surface area contributed by atoms with E-state index < -0.39 is 15.7 Å². The third-order valence-corrected chi connectivity index (χ3v) is 5.90. The highest BCUT2D eigenvalue weighted by atomic mass is 32.2. The largest absolute Gasteiger partial charge is 0.497 e. The second-order valence-electron chi connectivity index (χ2n) is 6.23. The van der Waals surface area contributed by atoms with Gasteiger partial charge in [-0.25, -0.2) is 8.42 Å². The third-order valence-electron chi connectivity index (χ3n) is 4.25. The number of sulfone groups is 1. The molecule has 0 atom stereocenters. The van der Waals surface area contributed by atoms with Gasteiger partial charge in [0.25, 0.3) is 5.91 Å². The Labute approximate surface area is 169 Å². The summed E-state index contributed by atoms with van der Waals surface area (Å²) in [6.45, 7) is 0.309. The van der Waals surface area contributed by atoms with Gasteiger partial charge < -0.3 is 19.2 Å². The van der Waals surface area contributed by atoms with Crippen molar-refractivity contribution in [2.45, 2.75) is 17.2 Å². The highest BCUT2D eigenvalue weighted by molar-refractivity contribution is 7.90. The van der Waals surface area contributed by atoms with Crippen LogP contribution in [0.2, 0.25) is 0 Å². The second-order valence-corrected chi connectivity index (χ2v) is 8.22. The SMILES string of the molecule is COc1ccc(CNC(=O)c2ccc(CS(=O)(=O)c3ccc(OC)cc3)o2)cc1. The molecule has 3 rings (SSSR count). The molecule has 0 fully saturated rings. The Balaban J connectivity index is 1.62. The number of carbonyl (C=O) groups is 1. The summed E-state index contributed by atoms with van der Waals surface area (Å²) in [5.41, 5.74) is 0.896. The van der Waals surface area contributed by atoms with E-state index in [2.05, 4.69) is 5.32 Å². The van der Waals surface area contributed by atoms with Crippen molar-refractivity contribution in [3.63, 3.8) is 0 Å². The first-order valence-electron chi connectivity index (χ1n) is 8.78. The summed E-state index contributed by atoms with van der Waals surface area (Å²) in [5, 5.41) is 2.74. The van der Waals surface area contributed by atoms with Crippen LogP contribution in [-0.2, 0) is 22.1 Å². The van der Waals surface area contributed by atoms with Crippen molar-refractivity contribution in [1.82, 2.24) is 5.32 Å². The topological polar surface area (TPSA) is 94.8 Å². The van der Waals surface area contributed by atoms with Crippen LogP contribution < -0.4 is 14.8 Å². The van der Waals surface area contributed by atoms with Gasteiger partial charge in [-0.3, -0.25) is 4.79 Å². The van der Waals surface area contributed by atoms with E-state index in [1.165, 1.54) is 31.4 Å². The van der Waals surface area contributed by atoms with E-state index in [4.69, 9.17) is 13.9 Å². The molecule has 7 nitrogen and oxygen atoms in total. The summed E-state index contributed by atoms with van der Waals surface area (Å²) < 4.78 is 40.6. The summed E-state index contributed by atoms with van der Waals surface area (Å²) in [7, 11) is -0.514. The highest BCUT2D eigenvalue weighted by Gasteiger charge is 2.19. The van der Waals surface area contributed by atoms with Crippen molar-refractivity contribution in [2.24, 2.45) is 0 Å². The summed E-state index contributed by atoms with van der Waals surface area (Å²) >= 11 is 0. The molecular formula is C21H21NO6S. The number of benzene rings is 2. The Bertz CT molecular complexity index is 1070. The first kappa shape index (κ1) is 20.5. The molecule has 1 heterocycles. The van der Waals surface area contributed by atoms with Gasteiger partial charge >= 0.3 is 0 Å². The van der Waals surface area contributed by atoms with E-state index in [0.29, 0.717) is 12.3 Å². The fraction of sp³-hybridized carbons (Fsp3) is 0.190. The van der Waals surface area contributed by atoms with Gasteiger partial charge in [-0.05, 0) is 54.1 Å². The minimum absolute atomic E-state index is 0.0541. The number of ether oxygens (including phenoxy) is 2. The van der Waals surface area contributed by atoms with E-state index in [-0.39, 0.29) is 22.2 Å². The number of carbonyl (C=O) groups excluding carboxylic acids is 1. The Morgan fingerprint density at radius 3 is 2.07 bits per heavy atom. The molecule has 0 saturated heterocycles. The number of rotatable bonds is 8. The molecule has 0 radical (unpaired) electrons. The molecule has 1 aromatic heterocycles. The van der Waals surface area contributed by atoms with Crippen molar-refractivity contribution in [1.29, 1.82) is 0 Å². The maximum absolute atomic E-state index is 12.5. The minimum atomic E-state index is -3.61. The number of hydrogen-bond acceptors (Lipinski definition) is 6. The molecule has 0 saturated carbocycles. The molecule has 1 N–H and O–H groups in total. The lowest BCUT2D eigenvalue weighted by atomic mass is 10.2. The summed E-state index contributed by atoms with van der Waals surface area (Å²) in [4.78, 5) is 12.4. The fourth-order valence-corrected chi connectivity index (χ4v) is 3.89. The molecule has 2 aromatic carbocycles. The molecule has 0 aliphatic carbocycles. The first-order valence-corrected chi connectivity index (χ1v) is 10.4. The van der Waals surface area contributed by atoms with Crippen molar-refractivity contribution in [2.75, 3.05) is 14.2 Å². The summed E-state index contributed by atoms with van der Waals surface area (Å²) in [5.74, 6) is 0.778. The molecule has 1 amide bonds. The van der Waals surface area contributed by atoms with E-state index in [1.54, 1.807) is 31.4 Å². The maximum atomic E-state index is 12.5. The number of amides is 1. The van der Waals surface area contributed by atoms with E-state index in [0.717, 1.165) is 11.3 Å². The average molecular weight is 415 g/mol. The van der Waals surface area contributed by atoms with Crippen molar-refractivity contribution < 1.29 is 27.1 Å². The Morgan fingerprint density at radius 2 is 1.48 bits per heavy atom. The van der Waals surface area contributed by atoms with Gasteiger partial charge in [0.15, 0.2) is 15.6 Å². The number of nitrogens with one attached hydrogen (secondary N) is 1. The van der Waals surface area contributed by atoms with Crippen LogP contribution in [0.5, 0.6) is 11.5 Å². The zero-order chi connectivity index (χ0) is 20.9. The zero-order valence-electron chi connectivity index (χ0n) is 16.0. The molecule has 29 heavy (non-hydrogen) atoms. The van der Waals surface area contributed by atoms with Crippen LogP contribution in [0.4, 0.5) is 0 Å². The maximum Gasteiger partial charge on any atom is 0.287 e. The van der Waals surface area contributed by atoms with Crippen molar-refractivity contribution in [3.05, 3.63) is 77.7 Å². The average Bonchev–Trinajstić information content (AvgIpc) is 3.20. The quantitative estimate of drug-likeness (QED) is 0.607. The van der Waals surface area contributed by atoms with Gasteiger partial charge in [-0.15, -0.1) is 0 Å². The van der Waals surface area contributed by atoms with Gasteiger partial charge in [0.1, 0.15) is 23.0 Å². The molecule has 0 spiro atoms. The normalized spacial score (nSPS) is 11.1. The van der Waals surface area contributed by atoms with Gasteiger partial charge in [-0.2, -0.15) is 0 Å². The molecule has 0 bridgehead atoms. The predicted molar refractivity (Wildman–Crippen MR) is 107 cm³/mol. The molecule has 0 aliphatic heterocycles. The van der Waals surface area contributed by atoms with Gasteiger partial charge in [-0.1, -0.05) is 12.1 Å². The lowest BCUT2D eigenvalue weighted by Crippen LogP contribution is -2.22. The summed E-state index contributed by atoms with van der Waals surface area (Å²) in [6.07, 6.45) is 0. The molecule has 3 aromatic rings. The van der Waals surface area contributed by atoms with Crippen LogP contribution in [0.3, 0.4) is 0 Å². The predicted octanol–water partition coefficient (Wildman–Crippen LogP) is 3.20. The monoisotopic (exact) mass is 415 g/mol. The molecule has 8 heteroatoms. The Kier molecular flexibility index (Phi) is 6.23. The highest BCUT2D eigenvalue weighted by Crippen LogP contribution is 2.21. The second kappa shape index (κ2) is 8.83. The van der Waals surface area contributed by atoms with Crippen molar-refractivity contribution >= 4 is 15.7 Å². The Morgan fingerprint density at radius 1 is 0.897 bits per heavy atom.